The van der Waals surface area contributed by atoms with Gasteiger partial charge in [-0.3, -0.25) is 0 Å². The first kappa shape index (κ1) is 23.1. The Hall–Kier alpha value is -0.870. The molecule has 0 saturated heterocycles. The van der Waals surface area contributed by atoms with Crippen LogP contribution in [0.1, 0.15) is 75.2 Å². The fourth-order valence-electron chi connectivity index (χ4n) is 3.19. The van der Waals surface area contributed by atoms with Crippen molar-refractivity contribution in [2.24, 2.45) is 0 Å². The summed E-state index contributed by atoms with van der Waals surface area (Å²) in [6.07, 6.45) is 7.49. The number of aromatic carboxylic acids is 1. The highest BCUT2D eigenvalue weighted by Gasteiger charge is 2.26. The number of unbranched alkanes of at least 4 members (excludes halogenated alkanes) is 3. The Balaban J connectivity index is 0.00000529. The molecule has 0 radical (unpaired) electrons. The average Bonchev–Trinajstić information content (AvgIpc) is 2.56. The molecule has 0 amide bonds. The smallest absolute Gasteiger partial charge is 0.335 e. The number of rotatable bonds is 12. The van der Waals surface area contributed by atoms with Crippen molar-refractivity contribution in [3.63, 3.8) is 0 Å². The van der Waals surface area contributed by atoms with E-state index in [0.717, 1.165) is 11.0 Å². The van der Waals surface area contributed by atoms with Gasteiger partial charge in [0.2, 0.25) is 0 Å². The van der Waals surface area contributed by atoms with Crippen molar-refractivity contribution in [3.05, 3.63) is 35.4 Å². The summed E-state index contributed by atoms with van der Waals surface area (Å²) >= 11 is 0. The van der Waals surface area contributed by atoms with Crippen LogP contribution in [0.15, 0.2) is 24.3 Å². The quantitative estimate of drug-likeness (QED) is 0.546. The molecule has 0 saturated carbocycles. The molecule has 0 aromatic heterocycles. The van der Waals surface area contributed by atoms with E-state index in [4.69, 9.17) is 5.11 Å². The molecule has 1 aromatic carbocycles. The summed E-state index contributed by atoms with van der Waals surface area (Å²) in [7, 11) is 0. The molecule has 0 aliphatic heterocycles. The standard InChI is InChI=1S/C20H33NO2.BrH/c1-4-7-14-21(15-8-5-2,16-9-6-3)17-18-10-12-19(13-11-18)20(22)23;/h10-13H,4-9,14-17H2,1-3H3;1H. The van der Waals surface area contributed by atoms with Gasteiger partial charge < -0.3 is 26.6 Å². The van der Waals surface area contributed by atoms with Crippen LogP contribution in [0.2, 0.25) is 0 Å². The highest BCUT2D eigenvalue weighted by Crippen LogP contribution is 2.20. The van der Waals surface area contributed by atoms with E-state index < -0.39 is 5.97 Å². The Kier molecular flexibility index (Phi) is 12.0. The fourth-order valence-corrected chi connectivity index (χ4v) is 3.19. The number of halogens is 1. The molecule has 1 aromatic rings. The van der Waals surface area contributed by atoms with Gasteiger partial charge in [-0.1, -0.05) is 52.2 Å². The van der Waals surface area contributed by atoms with Gasteiger partial charge in [0.15, 0.2) is 0 Å². The lowest BCUT2D eigenvalue weighted by Gasteiger charge is -2.39. The monoisotopic (exact) mass is 399 g/mol. The Bertz CT molecular complexity index is 437. The molecule has 24 heavy (non-hydrogen) atoms. The summed E-state index contributed by atoms with van der Waals surface area (Å²) in [5.74, 6) is -0.847. The maximum Gasteiger partial charge on any atom is 0.335 e. The molecule has 1 rings (SSSR count). The number of nitrogens with zero attached hydrogens (tertiary/aromatic N) is 1. The number of benzene rings is 1. The van der Waals surface area contributed by atoms with Crippen LogP contribution >= 0.6 is 0 Å². The van der Waals surface area contributed by atoms with Gasteiger partial charge in [0, 0.05) is 5.56 Å². The maximum atomic E-state index is 11.0. The largest absolute Gasteiger partial charge is 1.00 e. The molecular weight excluding hydrogens is 366 g/mol. The zero-order valence-corrected chi connectivity index (χ0v) is 17.1. The Morgan fingerprint density at radius 2 is 1.29 bits per heavy atom. The van der Waals surface area contributed by atoms with Crippen LogP contribution in [0.3, 0.4) is 0 Å². The molecule has 0 atom stereocenters. The molecule has 0 spiro atoms. The van der Waals surface area contributed by atoms with E-state index >= 15 is 0 Å². The minimum atomic E-state index is -0.847. The highest BCUT2D eigenvalue weighted by molar-refractivity contribution is 5.87. The van der Waals surface area contributed by atoms with Gasteiger partial charge in [-0.2, -0.15) is 0 Å². The summed E-state index contributed by atoms with van der Waals surface area (Å²) in [6, 6.07) is 7.48. The van der Waals surface area contributed by atoms with Gasteiger partial charge in [-0.15, -0.1) is 0 Å². The second-order valence-electron chi connectivity index (χ2n) is 6.73. The minimum absolute atomic E-state index is 0. The zero-order chi connectivity index (χ0) is 17.1. The van der Waals surface area contributed by atoms with Gasteiger partial charge in [0.05, 0.1) is 25.2 Å². The van der Waals surface area contributed by atoms with Crippen molar-refractivity contribution in [1.29, 1.82) is 0 Å². The van der Waals surface area contributed by atoms with Crippen LogP contribution in [-0.2, 0) is 6.54 Å². The third kappa shape index (κ3) is 7.80. The third-order valence-electron chi connectivity index (χ3n) is 4.68. The highest BCUT2D eigenvalue weighted by atomic mass is 79.9. The second kappa shape index (κ2) is 12.5. The predicted molar refractivity (Wildman–Crippen MR) is 96.7 cm³/mol. The molecule has 0 heterocycles. The van der Waals surface area contributed by atoms with E-state index in [-0.39, 0.29) is 17.0 Å². The van der Waals surface area contributed by atoms with Gasteiger partial charge in [-0.05, 0) is 31.4 Å². The van der Waals surface area contributed by atoms with Crippen LogP contribution in [0.4, 0.5) is 0 Å². The first-order valence-corrected chi connectivity index (χ1v) is 9.24. The lowest BCUT2D eigenvalue weighted by atomic mass is 10.1. The fraction of sp³-hybridized carbons (Fsp3) is 0.650. The van der Waals surface area contributed by atoms with Crippen molar-refractivity contribution >= 4 is 5.97 Å². The molecule has 1 N–H and O–H groups in total. The molecule has 3 nitrogen and oxygen atoms in total. The Labute approximate surface area is 158 Å². The predicted octanol–water partition coefficient (Wildman–Crippen LogP) is 2.11. The second-order valence-corrected chi connectivity index (χ2v) is 6.73. The SMILES string of the molecule is CCCC[N+](CCCC)(CCCC)Cc1ccc(C(=O)O)cc1.[Br-]. The van der Waals surface area contributed by atoms with Gasteiger partial charge in [0.1, 0.15) is 6.54 Å². The van der Waals surface area contributed by atoms with Crippen LogP contribution in [0.25, 0.3) is 0 Å². The number of hydrogen-bond donors (Lipinski definition) is 1. The van der Waals surface area contributed by atoms with E-state index in [9.17, 15) is 4.79 Å². The molecule has 0 aliphatic carbocycles. The first-order chi connectivity index (χ1) is 11.1. The van der Waals surface area contributed by atoms with Crippen LogP contribution in [0.5, 0.6) is 0 Å². The van der Waals surface area contributed by atoms with Crippen LogP contribution in [-0.4, -0.2) is 35.2 Å². The van der Waals surface area contributed by atoms with Crippen molar-refractivity contribution in [1.82, 2.24) is 0 Å². The van der Waals surface area contributed by atoms with Gasteiger partial charge >= 0.3 is 5.97 Å². The van der Waals surface area contributed by atoms with Crippen LogP contribution in [0, 0.1) is 0 Å². The normalized spacial score (nSPS) is 11.1. The third-order valence-corrected chi connectivity index (χ3v) is 4.68. The van der Waals surface area contributed by atoms with Crippen molar-refractivity contribution in [2.75, 3.05) is 19.6 Å². The summed E-state index contributed by atoms with van der Waals surface area (Å²) in [5, 5.41) is 9.05. The zero-order valence-electron chi connectivity index (χ0n) is 15.6. The Morgan fingerprint density at radius 1 is 0.875 bits per heavy atom. The molecule has 0 bridgehead atoms. The molecule has 0 fully saturated rings. The number of carboxylic acids is 1. The van der Waals surface area contributed by atoms with E-state index in [1.807, 2.05) is 12.1 Å². The number of hydrogen-bond acceptors (Lipinski definition) is 1. The molecule has 4 heteroatoms. The van der Waals surface area contributed by atoms with E-state index in [2.05, 4.69) is 20.8 Å². The van der Waals surface area contributed by atoms with Gasteiger partial charge in [-0.25, -0.2) is 4.79 Å². The Morgan fingerprint density at radius 3 is 1.62 bits per heavy atom. The summed E-state index contributed by atoms with van der Waals surface area (Å²) in [5.41, 5.74) is 1.64. The van der Waals surface area contributed by atoms with E-state index in [1.54, 1.807) is 12.1 Å². The maximum absolute atomic E-state index is 11.0. The molecule has 0 unspecified atom stereocenters. The summed E-state index contributed by atoms with van der Waals surface area (Å²) in [4.78, 5) is 11.0. The lowest BCUT2D eigenvalue weighted by molar-refractivity contribution is -0.941. The summed E-state index contributed by atoms with van der Waals surface area (Å²) in [6.45, 7) is 11.5. The molecule has 0 aliphatic rings. The van der Waals surface area contributed by atoms with Crippen molar-refractivity contribution in [2.45, 2.75) is 65.8 Å². The van der Waals surface area contributed by atoms with Crippen molar-refractivity contribution in [3.8, 4) is 0 Å². The minimum Gasteiger partial charge on any atom is -1.00 e. The number of carboxylic acid groups (broad SMARTS) is 1. The first-order valence-electron chi connectivity index (χ1n) is 9.24. The summed E-state index contributed by atoms with van der Waals surface area (Å²) < 4.78 is 1.15. The average molecular weight is 400 g/mol. The molecular formula is C20H34BrNO2. The molecule has 138 valence electrons. The van der Waals surface area contributed by atoms with Gasteiger partial charge in [0.25, 0.3) is 0 Å². The van der Waals surface area contributed by atoms with Crippen LogP contribution < -0.4 is 17.0 Å². The van der Waals surface area contributed by atoms with Crippen molar-refractivity contribution < 1.29 is 31.4 Å². The topological polar surface area (TPSA) is 37.3 Å². The lowest BCUT2D eigenvalue weighted by Crippen LogP contribution is -3.00. The number of quaternary nitrogens is 1. The van der Waals surface area contributed by atoms with E-state index in [0.29, 0.717) is 5.56 Å². The number of carbonyl (C=O) groups is 1. The van der Waals surface area contributed by atoms with E-state index in [1.165, 1.54) is 63.7 Å².